The summed E-state index contributed by atoms with van der Waals surface area (Å²) >= 11 is 0. The normalized spacial score (nSPS) is 17.5. The van der Waals surface area contributed by atoms with Crippen molar-refractivity contribution >= 4 is 17.7 Å². The molecule has 1 unspecified atom stereocenters. The maximum absolute atomic E-state index is 13.4. The van der Waals surface area contributed by atoms with E-state index in [-0.39, 0.29) is 31.8 Å². The molecule has 0 saturated carbocycles. The molecule has 1 aromatic carbocycles. The van der Waals surface area contributed by atoms with Gasteiger partial charge in [0.2, 0.25) is 11.9 Å². The monoisotopic (exact) mass is 406 g/mol. The summed E-state index contributed by atoms with van der Waals surface area (Å²) in [6.07, 6.45) is 4.01. The van der Waals surface area contributed by atoms with Crippen molar-refractivity contribution in [2.24, 2.45) is 16.6 Å². The van der Waals surface area contributed by atoms with Crippen molar-refractivity contribution in [3.8, 4) is 0 Å². The van der Waals surface area contributed by atoms with Crippen molar-refractivity contribution in [3.05, 3.63) is 58.7 Å². The lowest BCUT2D eigenvalue weighted by Gasteiger charge is -2.31. The van der Waals surface area contributed by atoms with Gasteiger partial charge in [0, 0.05) is 19.5 Å². The Hall–Kier alpha value is -3.30. The van der Waals surface area contributed by atoms with Gasteiger partial charge in [0.25, 0.3) is 0 Å². The third-order valence-electron chi connectivity index (χ3n) is 4.76. The van der Waals surface area contributed by atoms with E-state index in [1.807, 2.05) is 0 Å². The first-order chi connectivity index (χ1) is 13.8. The highest BCUT2D eigenvalue weighted by atomic mass is 19.2. The number of aryl methyl sites for hydroxylation is 1. The molecule has 1 aliphatic heterocycles. The van der Waals surface area contributed by atoms with Crippen LogP contribution in [0.3, 0.4) is 0 Å². The van der Waals surface area contributed by atoms with Gasteiger partial charge in [-0.25, -0.2) is 13.2 Å². The molecule has 2 aromatic rings. The summed E-state index contributed by atoms with van der Waals surface area (Å²) in [4.78, 5) is 18.0. The molecule has 1 saturated heterocycles. The predicted octanol–water partition coefficient (Wildman–Crippen LogP) is 2.57. The fourth-order valence-electron chi connectivity index (χ4n) is 3.25. The molecule has 7 nitrogen and oxygen atoms in total. The van der Waals surface area contributed by atoms with E-state index >= 15 is 0 Å². The number of hydrogen-bond donors (Lipinski definition) is 2. The van der Waals surface area contributed by atoms with Crippen molar-refractivity contribution in [1.82, 2.24) is 15.1 Å². The zero-order valence-electron chi connectivity index (χ0n) is 15.6. The Morgan fingerprint density at radius 1 is 1.31 bits per heavy atom. The van der Waals surface area contributed by atoms with Crippen LogP contribution in [0.5, 0.6) is 0 Å². The average molecular weight is 406 g/mol. The molecular weight excluding hydrogens is 385 g/mol. The summed E-state index contributed by atoms with van der Waals surface area (Å²) in [5.74, 6) is -5.44. The molecule has 0 bridgehead atoms. The Bertz CT molecular complexity index is 977. The number of piperidine rings is 1. The number of carbonyl (C=O) groups excluding carboxylic acids is 1. The lowest BCUT2D eigenvalue weighted by Crippen LogP contribution is -2.45. The van der Waals surface area contributed by atoms with Crippen LogP contribution in [0.1, 0.15) is 31.0 Å². The van der Waals surface area contributed by atoms with Gasteiger partial charge < -0.3 is 5.73 Å². The van der Waals surface area contributed by atoms with E-state index in [9.17, 15) is 18.0 Å². The standard InChI is InChI=1S/C19H19F3N6O.H2/c1-10-8-25-26-9-13(10)17(23)27-19(24)28-4-2-3-12(18(28)29)5-11-6-14(20)16(22)15(21)7-11;/h6-9,12H,2-5H2,1H3,(H3,23,24,27);1H. The molecule has 0 aliphatic carbocycles. The third kappa shape index (κ3) is 4.41. The fraction of sp³-hybridized carbons (Fsp3) is 0.316. The molecular formula is C19H21F3N6O. The van der Waals surface area contributed by atoms with Gasteiger partial charge in [-0.1, -0.05) is 0 Å². The van der Waals surface area contributed by atoms with Crippen molar-refractivity contribution in [3.63, 3.8) is 0 Å². The number of carbonyl (C=O) groups is 1. The van der Waals surface area contributed by atoms with Crippen molar-refractivity contribution in [2.45, 2.75) is 26.2 Å². The first-order valence-electron chi connectivity index (χ1n) is 8.93. The summed E-state index contributed by atoms with van der Waals surface area (Å²) in [5.41, 5.74) is 7.34. The zero-order chi connectivity index (χ0) is 21.1. The van der Waals surface area contributed by atoms with Crippen LogP contribution in [0.4, 0.5) is 13.2 Å². The second kappa shape index (κ2) is 8.38. The number of nitrogens with two attached hydrogens (primary N) is 1. The number of rotatable bonds is 3. The van der Waals surface area contributed by atoms with E-state index in [1.54, 1.807) is 6.92 Å². The van der Waals surface area contributed by atoms with Gasteiger partial charge in [-0.3, -0.25) is 15.1 Å². The van der Waals surface area contributed by atoms with E-state index < -0.39 is 29.3 Å². The highest BCUT2D eigenvalue weighted by Crippen LogP contribution is 2.24. The van der Waals surface area contributed by atoms with Gasteiger partial charge >= 0.3 is 0 Å². The van der Waals surface area contributed by atoms with Crippen molar-refractivity contribution < 1.29 is 19.4 Å². The van der Waals surface area contributed by atoms with Gasteiger partial charge in [0.15, 0.2) is 17.5 Å². The number of benzene rings is 1. The minimum atomic E-state index is -1.54. The minimum absolute atomic E-state index is 0. The van der Waals surface area contributed by atoms with Crippen LogP contribution in [-0.2, 0) is 11.2 Å². The molecule has 1 fully saturated rings. The topological polar surface area (TPSA) is 108 Å². The molecule has 0 spiro atoms. The quantitative estimate of drug-likeness (QED) is 0.464. The Kier molecular flexibility index (Phi) is 5.90. The molecule has 1 atom stereocenters. The molecule has 10 heteroatoms. The minimum Gasteiger partial charge on any atom is -0.383 e. The Balaban J connectivity index is 0.00000320. The number of nitrogens with zero attached hydrogens (tertiary/aromatic N) is 4. The second-order valence-electron chi connectivity index (χ2n) is 6.81. The van der Waals surface area contributed by atoms with Gasteiger partial charge in [0.1, 0.15) is 5.84 Å². The number of halogens is 3. The maximum Gasteiger partial charge on any atom is 0.232 e. The summed E-state index contributed by atoms with van der Waals surface area (Å²) in [5, 5.41) is 15.6. The van der Waals surface area contributed by atoms with Crippen LogP contribution in [0.2, 0.25) is 0 Å². The van der Waals surface area contributed by atoms with Gasteiger partial charge in [-0.2, -0.15) is 15.2 Å². The van der Waals surface area contributed by atoms with Crippen molar-refractivity contribution in [2.75, 3.05) is 6.54 Å². The fourth-order valence-corrected chi connectivity index (χ4v) is 3.25. The molecule has 1 aromatic heterocycles. The van der Waals surface area contributed by atoms with Crippen LogP contribution in [-0.4, -0.2) is 39.3 Å². The molecule has 1 aliphatic rings. The van der Waals surface area contributed by atoms with E-state index in [1.165, 1.54) is 17.3 Å². The van der Waals surface area contributed by atoms with Gasteiger partial charge in [-0.05, 0) is 49.4 Å². The first-order valence-corrected chi connectivity index (χ1v) is 8.93. The SMILES string of the molecule is Cc1cnncc1/C(N)=N/C(=N)N1CCCC(Cc2cc(F)c(F)c(F)c2)C1=O.[HH]. The molecule has 0 radical (unpaired) electrons. The Morgan fingerprint density at radius 3 is 2.62 bits per heavy atom. The third-order valence-corrected chi connectivity index (χ3v) is 4.76. The number of amidine groups is 1. The predicted molar refractivity (Wildman–Crippen MR) is 102 cm³/mol. The molecule has 2 heterocycles. The Labute approximate surface area is 166 Å². The summed E-state index contributed by atoms with van der Waals surface area (Å²) in [6.45, 7) is 2.05. The summed E-state index contributed by atoms with van der Waals surface area (Å²) in [6, 6.07) is 1.76. The first kappa shape index (κ1) is 20.4. The molecule has 154 valence electrons. The summed E-state index contributed by atoms with van der Waals surface area (Å²) in [7, 11) is 0. The number of nitrogens with one attached hydrogen (secondary N) is 1. The second-order valence-corrected chi connectivity index (χ2v) is 6.81. The lowest BCUT2D eigenvalue weighted by molar-refractivity contribution is -0.134. The smallest absolute Gasteiger partial charge is 0.232 e. The number of hydrogen-bond acceptors (Lipinski definition) is 4. The van der Waals surface area contributed by atoms with Crippen LogP contribution in [0.25, 0.3) is 0 Å². The van der Waals surface area contributed by atoms with Crippen LogP contribution >= 0.6 is 0 Å². The molecule has 3 N–H and O–H groups in total. The van der Waals surface area contributed by atoms with Crippen LogP contribution < -0.4 is 5.73 Å². The van der Waals surface area contributed by atoms with Crippen LogP contribution in [0, 0.1) is 35.7 Å². The zero-order valence-corrected chi connectivity index (χ0v) is 15.6. The Morgan fingerprint density at radius 2 is 1.97 bits per heavy atom. The van der Waals surface area contributed by atoms with Crippen molar-refractivity contribution in [1.29, 1.82) is 5.41 Å². The largest absolute Gasteiger partial charge is 0.383 e. The van der Waals surface area contributed by atoms with Crippen LogP contribution in [0.15, 0.2) is 29.5 Å². The maximum atomic E-state index is 13.4. The molecule has 1 amide bonds. The lowest BCUT2D eigenvalue weighted by atomic mass is 9.90. The van der Waals surface area contributed by atoms with E-state index in [0.717, 1.165) is 17.7 Å². The van der Waals surface area contributed by atoms with E-state index in [4.69, 9.17) is 11.1 Å². The number of likely N-dealkylation sites (tertiary alicyclic amines) is 1. The van der Waals surface area contributed by atoms with E-state index in [0.29, 0.717) is 18.4 Å². The number of guanidine groups is 1. The number of amides is 1. The highest BCUT2D eigenvalue weighted by Gasteiger charge is 2.31. The summed E-state index contributed by atoms with van der Waals surface area (Å²) < 4.78 is 40.0. The average Bonchev–Trinajstić information content (AvgIpc) is 2.67. The van der Waals surface area contributed by atoms with Gasteiger partial charge in [-0.15, -0.1) is 0 Å². The number of aromatic nitrogens is 2. The van der Waals surface area contributed by atoms with E-state index in [2.05, 4.69) is 15.2 Å². The molecule has 29 heavy (non-hydrogen) atoms. The highest BCUT2D eigenvalue weighted by molar-refractivity contribution is 6.08. The van der Waals surface area contributed by atoms with Gasteiger partial charge in [0.05, 0.1) is 12.4 Å². The molecule has 3 rings (SSSR count). The number of aliphatic imine (C=N–C) groups is 1.